The van der Waals surface area contributed by atoms with Gasteiger partial charge in [-0.1, -0.05) is 23.7 Å². The molecular formula is C18H17ClN4O. The number of methoxy groups -OCH3 is 1. The maximum Gasteiger partial charge on any atom is 0.142 e. The molecule has 3 rings (SSSR count). The molecule has 6 heteroatoms. The molecule has 122 valence electrons. The van der Waals surface area contributed by atoms with Crippen molar-refractivity contribution >= 4 is 34.6 Å². The van der Waals surface area contributed by atoms with Gasteiger partial charge in [-0.15, -0.1) is 0 Å². The number of ether oxygens (including phenoxy) is 1. The largest absolute Gasteiger partial charge is 0.495 e. The van der Waals surface area contributed by atoms with Crippen LogP contribution in [0.3, 0.4) is 0 Å². The van der Waals surface area contributed by atoms with Crippen molar-refractivity contribution < 1.29 is 4.74 Å². The van der Waals surface area contributed by atoms with Crippen LogP contribution in [0.15, 0.2) is 54.9 Å². The van der Waals surface area contributed by atoms with E-state index in [4.69, 9.17) is 16.3 Å². The SMILES string of the molecule is COc1ccc(C)cc1Nc1cc(Nc2cccc(Cl)c2)ncn1. The lowest BCUT2D eigenvalue weighted by Gasteiger charge is -2.12. The summed E-state index contributed by atoms with van der Waals surface area (Å²) in [7, 11) is 1.64. The van der Waals surface area contributed by atoms with E-state index >= 15 is 0 Å². The molecule has 2 aromatic carbocycles. The minimum atomic E-state index is 0.664. The second-order valence-electron chi connectivity index (χ2n) is 5.25. The molecule has 24 heavy (non-hydrogen) atoms. The Kier molecular flexibility index (Phi) is 4.82. The summed E-state index contributed by atoms with van der Waals surface area (Å²) in [5.74, 6) is 2.09. The van der Waals surface area contributed by atoms with E-state index in [0.717, 1.165) is 22.7 Å². The van der Waals surface area contributed by atoms with Gasteiger partial charge in [-0.2, -0.15) is 0 Å². The van der Waals surface area contributed by atoms with Crippen LogP contribution in [0.5, 0.6) is 5.75 Å². The van der Waals surface area contributed by atoms with Gasteiger partial charge in [0.2, 0.25) is 0 Å². The van der Waals surface area contributed by atoms with Crippen LogP contribution in [0.25, 0.3) is 0 Å². The molecule has 0 amide bonds. The van der Waals surface area contributed by atoms with Crippen molar-refractivity contribution in [3.8, 4) is 5.75 Å². The summed E-state index contributed by atoms with van der Waals surface area (Å²) in [5, 5.41) is 7.13. The molecule has 0 unspecified atom stereocenters. The van der Waals surface area contributed by atoms with Crippen molar-refractivity contribution in [2.75, 3.05) is 17.7 Å². The maximum atomic E-state index is 6.00. The standard InChI is InChI=1S/C18H17ClN4O/c1-12-6-7-16(24-2)15(8-12)23-18-10-17(20-11-21-18)22-14-5-3-4-13(19)9-14/h3-11H,1-2H3,(H2,20,21,22,23). The average Bonchev–Trinajstić information content (AvgIpc) is 2.55. The number of nitrogens with one attached hydrogen (secondary N) is 2. The summed E-state index contributed by atoms with van der Waals surface area (Å²) in [6.45, 7) is 2.02. The monoisotopic (exact) mass is 340 g/mol. The Bertz CT molecular complexity index is 854. The second-order valence-corrected chi connectivity index (χ2v) is 5.69. The van der Waals surface area contributed by atoms with Gasteiger partial charge in [-0.25, -0.2) is 9.97 Å². The molecule has 0 aliphatic heterocycles. The lowest BCUT2D eigenvalue weighted by Crippen LogP contribution is -2.00. The lowest BCUT2D eigenvalue weighted by molar-refractivity contribution is 0.416. The number of aryl methyl sites for hydroxylation is 1. The van der Waals surface area contributed by atoms with Crippen LogP contribution in [0.1, 0.15) is 5.56 Å². The third kappa shape index (κ3) is 3.94. The van der Waals surface area contributed by atoms with E-state index in [-0.39, 0.29) is 0 Å². The highest BCUT2D eigenvalue weighted by atomic mass is 35.5. The first-order valence-corrected chi connectivity index (χ1v) is 7.78. The van der Waals surface area contributed by atoms with Gasteiger partial charge < -0.3 is 15.4 Å². The third-order valence-electron chi connectivity index (χ3n) is 3.38. The topological polar surface area (TPSA) is 59.1 Å². The van der Waals surface area contributed by atoms with Crippen molar-refractivity contribution in [2.45, 2.75) is 6.92 Å². The highest BCUT2D eigenvalue weighted by Crippen LogP contribution is 2.28. The summed E-state index contributed by atoms with van der Waals surface area (Å²) in [5.41, 5.74) is 2.84. The van der Waals surface area contributed by atoms with Crippen LogP contribution >= 0.6 is 11.6 Å². The van der Waals surface area contributed by atoms with Crippen LogP contribution in [0, 0.1) is 6.92 Å². The Morgan fingerprint density at radius 2 is 1.75 bits per heavy atom. The predicted octanol–water partition coefficient (Wildman–Crippen LogP) is 4.93. The number of aromatic nitrogens is 2. The summed E-state index contributed by atoms with van der Waals surface area (Å²) >= 11 is 6.00. The fraction of sp³-hybridized carbons (Fsp3) is 0.111. The fourth-order valence-electron chi connectivity index (χ4n) is 2.27. The smallest absolute Gasteiger partial charge is 0.142 e. The normalized spacial score (nSPS) is 10.3. The number of rotatable bonds is 5. The minimum Gasteiger partial charge on any atom is -0.495 e. The molecule has 1 aromatic heterocycles. The first-order chi connectivity index (χ1) is 11.6. The van der Waals surface area contributed by atoms with Gasteiger partial charge in [0, 0.05) is 16.8 Å². The van der Waals surface area contributed by atoms with Crippen molar-refractivity contribution in [2.24, 2.45) is 0 Å². The molecule has 0 aliphatic rings. The zero-order valence-electron chi connectivity index (χ0n) is 13.4. The summed E-state index contributed by atoms with van der Waals surface area (Å²) in [6.07, 6.45) is 1.50. The van der Waals surface area contributed by atoms with Gasteiger partial charge >= 0.3 is 0 Å². The zero-order valence-corrected chi connectivity index (χ0v) is 14.1. The van der Waals surface area contributed by atoms with Crippen molar-refractivity contribution in [3.05, 3.63) is 65.4 Å². The van der Waals surface area contributed by atoms with E-state index in [1.807, 2.05) is 55.5 Å². The number of halogens is 1. The van der Waals surface area contributed by atoms with Crippen molar-refractivity contribution in [3.63, 3.8) is 0 Å². The number of nitrogens with zero attached hydrogens (tertiary/aromatic N) is 2. The lowest BCUT2D eigenvalue weighted by atomic mass is 10.2. The van der Waals surface area contributed by atoms with E-state index in [9.17, 15) is 0 Å². The Hall–Kier alpha value is -2.79. The summed E-state index contributed by atoms with van der Waals surface area (Å²) < 4.78 is 5.38. The summed E-state index contributed by atoms with van der Waals surface area (Å²) in [4.78, 5) is 8.48. The zero-order chi connectivity index (χ0) is 16.9. The van der Waals surface area contributed by atoms with E-state index in [1.165, 1.54) is 6.33 Å². The Morgan fingerprint density at radius 3 is 2.50 bits per heavy atom. The summed E-state index contributed by atoms with van der Waals surface area (Å²) in [6, 6.07) is 15.2. The molecule has 0 atom stereocenters. The van der Waals surface area contributed by atoms with Gasteiger partial charge in [0.15, 0.2) is 0 Å². The molecule has 2 N–H and O–H groups in total. The number of benzene rings is 2. The number of hydrogen-bond acceptors (Lipinski definition) is 5. The Balaban J connectivity index is 1.82. The molecule has 5 nitrogen and oxygen atoms in total. The molecule has 0 saturated heterocycles. The predicted molar refractivity (Wildman–Crippen MR) is 97.8 cm³/mol. The highest BCUT2D eigenvalue weighted by molar-refractivity contribution is 6.30. The molecular weight excluding hydrogens is 324 g/mol. The molecule has 3 aromatic rings. The van der Waals surface area contributed by atoms with Crippen LogP contribution < -0.4 is 15.4 Å². The van der Waals surface area contributed by atoms with E-state index in [0.29, 0.717) is 16.7 Å². The quantitative estimate of drug-likeness (QED) is 0.689. The van der Waals surface area contributed by atoms with Gasteiger partial charge in [0.05, 0.1) is 12.8 Å². The van der Waals surface area contributed by atoms with E-state index in [1.54, 1.807) is 7.11 Å². The Labute approximate surface area is 145 Å². The Morgan fingerprint density at radius 1 is 0.958 bits per heavy atom. The molecule has 0 radical (unpaired) electrons. The maximum absolute atomic E-state index is 6.00. The molecule has 0 bridgehead atoms. The fourth-order valence-corrected chi connectivity index (χ4v) is 2.46. The first-order valence-electron chi connectivity index (χ1n) is 7.40. The van der Waals surface area contributed by atoms with Crippen LogP contribution in [0.4, 0.5) is 23.0 Å². The van der Waals surface area contributed by atoms with Gasteiger partial charge in [0.1, 0.15) is 23.7 Å². The van der Waals surface area contributed by atoms with E-state index < -0.39 is 0 Å². The molecule has 0 aliphatic carbocycles. The van der Waals surface area contributed by atoms with Crippen molar-refractivity contribution in [1.29, 1.82) is 0 Å². The molecule has 0 saturated carbocycles. The van der Waals surface area contributed by atoms with Crippen LogP contribution in [-0.4, -0.2) is 17.1 Å². The molecule has 0 spiro atoms. The first kappa shape index (κ1) is 16.1. The molecule has 1 heterocycles. The number of anilines is 4. The van der Waals surface area contributed by atoms with Crippen molar-refractivity contribution in [1.82, 2.24) is 9.97 Å². The van der Waals surface area contributed by atoms with Gasteiger partial charge in [0.25, 0.3) is 0 Å². The number of hydrogen-bond donors (Lipinski definition) is 2. The van der Waals surface area contributed by atoms with Gasteiger partial charge in [-0.05, 0) is 42.8 Å². The van der Waals surface area contributed by atoms with Crippen LogP contribution in [-0.2, 0) is 0 Å². The average molecular weight is 341 g/mol. The second kappa shape index (κ2) is 7.19. The highest BCUT2D eigenvalue weighted by Gasteiger charge is 2.06. The third-order valence-corrected chi connectivity index (χ3v) is 3.62. The van der Waals surface area contributed by atoms with E-state index in [2.05, 4.69) is 20.6 Å². The van der Waals surface area contributed by atoms with Gasteiger partial charge in [-0.3, -0.25) is 0 Å². The minimum absolute atomic E-state index is 0.664. The molecule has 0 fully saturated rings. The van der Waals surface area contributed by atoms with Crippen LogP contribution in [0.2, 0.25) is 5.02 Å².